The Morgan fingerprint density at radius 2 is 1.87 bits per heavy atom. The van der Waals surface area contributed by atoms with E-state index < -0.39 is 52.7 Å². The second-order valence-corrected chi connectivity index (χ2v) is 6.41. The fraction of sp³-hybridized carbons (Fsp3) is 0.833. The van der Waals surface area contributed by atoms with Crippen molar-refractivity contribution in [3.8, 4) is 12.5 Å². The van der Waals surface area contributed by atoms with Crippen molar-refractivity contribution < 1.29 is 47.2 Å². The highest BCUT2D eigenvalue weighted by molar-refractivity contribution is 7.85. The first-order valence-corrected chi connectivity index (χ1v) is 8.17. The lowest BCUT2D eigenvalue weighted by Gasteiger charge is -2.40. The van der Waals surface area contributed by atoms with Crippen LogP contribution in [0.25, 0.3) is 0 Å². The van der Waals surface area contributed by atoms with Gasteiger partial charge in [-0.25, -0.2) is 0 Å². The third-order valence-electron chi connectivity index (χ3n) is 3.08. The van der Waals surface area contributed by atoms with Crippen LogP contribution >= 0.6 is 0 Å². The van der Waals surface area contributed by atoms with Crippen molar-refractivity contribution in [1.82, 2.24) is 0 Å². The van der Waals surface area contributed by atoms with Gasteiger partial charge in [0.15, 0.2) is 12.4 Å². The number of ether oxygens (including phenoxy) is 4. The molecule has 1 fully saturated rings. The summed E-state index contributed by atoms with van der Waals surface area (Å²) >= 11 is 0. The van der Waals surface area contributed by atoms with Crippen LogP contribution in [0.15, 0.2) is 0 Å². The predicted molar refractivity (Wildman–Crippen MR) is 74.6 cm³/mol. The highest BCUT2D eigenvalue weighted by Gasteiger charge is 2.45. The molecule has 11 heteroatoms. The lowest BCUT2D eigenvalue weighted by molar-refractivity contribution is -0.296. The molecule has 6 atom stereocenters. The standard InChI is InChI=1S/C12H20O10S/c1-3-20-7(4-19-2)5-21-12-11(15)10(14)9(13)8(22-12)6-23(16,17)18/h1,7-15H,4-6H2,2H3,(H,16,17,18)/t7?,8?,9-,10?,11?,12?/m0/s1. The number of aliphatic hydroxyl groups is 3. The van der Waals surface area contributed by atoms with E-state index >= 15 is 0 Å². The average Bonchev–Trinajstić information content (AvgIpc) is 2.45. The molecule has 10 nitrogen and oxygen atoms in total. The SMILES string of the molecule is C#COC(COC)COC1OC(CS(=O)(=O)O)[C@H](O)C(O)C1O. The van der Waals surface area contributed by atoms with Gasteiger partial charge in [0.1, 0.15) is 36.3 Å². The molecule has 1 aliphatic rings. The zero-order valence-electron chi connectivity index (χ0n) is 12.3. The van der Waals surface area contributed by atoms with Crippen molar-refractivity contribution in [2.75, 3.05) is 26.1 Å². The fourth-order valence-electron chi connectivity index (χ4n) is 2.00. The topological polar surface area (TPSA) is 152 Å². The van der Waals surface area contributed by atoms with Crippen LogP contribution in [0.3, 0.4) is 0 Å². The molecule has 4 N–H and O–H groups in total. The van der Waals surface area contributed by atoms with E-state index in [0.717, 1.165) is 0 Å². The van der Waals surface area contributed by atoms with Gasteiger partial charge in [-0.1, -0.05) is 6.42 Å². The third kappa shape index (κ3) is 6.21. The lowest BCUT2D eigenvalue weighted by Crippen LogP contribution is -2.60. The second kappa shape index (κ2) is 8.76. The van der Waals surface area contributed by atoms with Gasteiger partial charge in [0.2, 0.25) is 0 Å². The maximum absolute atomic E-state index is 10.9. The number of rotatable bonds is 8. The van der Waals surface area contributed by atoms with Gasteiger partial charge in [0.25, 0.3) is 10.1 Å². The quantitative estimate of drug-likeness (QED) is 0.267. The lowest BCUT2D eigenvalue weighted by atomic mass is 10.00. The monoisotopic (exact) mass is 356 g/mol. The zero-order valence-corrected chi connectivity index (χ0v) is 13.1. The smallest absolute Gasteiger partial charge is 0.267 e. The Morgan fingerprint density at radius 1 is 1.22 bits per heavy atom. The molecule has 0 bridgehead atoms. The minimum atomic E-state index is -4.47. The Morgan fingerprint density at radius 3 is 2.39 bits per heavy atom. The van der Waals surface area contributed by atoms with Crippen LogP contribution in [0.1, 0.15) is 0 Å². The summed E-state index contributed by atoms with van der Waals surface area (Å²) in [6.07, 6.45) is -1.78. The van der Waals surface area contributed by atoms with Crippen molar-refractivity contribution in [2.24, 2.45) is 0 Å². The van der Waals surface area contributed by atoms with Gasteiger partial charge >= 0.3 is 0 Å². The minimum absolute atomic E-state index is 0.0760. The molecular formula is C12H20O10S. The van der Waals surface area contributed by atoms with Gasteiger partial charge in [0.05, 0.1) is 13.2 Å². The van der Waals surface area contributed by atoms with Gasteiger partial charge < -0.3 is 34.3 Å². The Kier molecular flexibility index (Phi) is 7.65. The van der Waals surface area contributed by atoms with Crippen LogP contribution in [0.2, 0.25) is 0 Å². The van der Waals surface area contributed by atoms with Crippen LogP contribution in [-0.2, 0) is 29.1 Å². The van der Waals surface area contributed by atoms with E-state index in [-0.39, 0.29) is 13.2 Å². The number of terminal acetylenes is 1. The number of hydrogen-bond donors (Lipinski definition) is 4. The van der Waals surface area contributed by atoms with Gasteiger partial charge in [-0.05, 0) is 0 Å². The first-order valence-electron chi connectivity index (χ1n) is 6.56. The first-order chi connectivity index (χ1) is 10.7. The molecule has 0 spiro atoms. The largest absolute Gasteiger partial charge is 0.439 e. The molecule has 23 heavy (non-hydrogen) atoms. The molecule has 0 saturated carbocycles. The molecule has 0 aromatic heterocycles. The Balaban J connectivity index is 2.71. The molecule has 0 aromatic rings. The summed E-state index contributed by atoms with van der Waals surface area (Å²) in [5.41, 5.74) is 0. The Bertz CT molecular complexity index is 500. The van der Waals surface area contributed by atoms with E-state index in [0.29, 0.717) is 0 Å². The average molecular weight is 356 g/mol. The molecule has 5 unspecified atom stereocenters. The molecule has 1 aliphatic heterocycles. The van der Waals surface area contributed by atoms with E-state index in [1.54, 1.807) is 0 Å². The Labute approximate surface area is 133 Å². The summed E-state index contributed by atoms with van der Waals surface area (Å²) in [6, 6.07) is 0. The Hall–Kier alpha value is -0.970. The number of hydrogen-bond acceptors (Lipinski definition) is 9. The number of methoxy groups -OCH3 is 1. The van der Waals surface area contributed by atoms with Crippen molar-refractivity contribution in [2.45, 2.75) is 36.8 Å². The molecule has 0 radical (unpaired) electrons. The second-order valence-electron chi connectivity index (χ2n) is 4.91. The maximum atomic E-state index is 10.9. The molecule has 1 saturated heterocycles. The van der Waals surface area contributed by atoms with Gasteiger partial charge in [0, 0.05) is 7.11 Å². The highest BCUT2D eigenvalue weighted by Crippen LogP contribution is 2.23. The third-order valence-corrected chi connectivity index (χ3v) is 3.83. The normalized spacial score (nSPS) is 33.0. The predicted octanol–water partition coefficient (Wildman–Crippen LogP) is -2.68. The van der Waals surface area contributed by atoms with Gasteiger partial charge in [-0.2, -0.15) is 8.42 Å². The summed E-state index contributed by atoms with van der Waals surface area (Å²) in [6.45, 7) is -0.117. The summed E-state index contributed by atoms with van der Waals surface area (Å²) in [5, 5.41) is 29.2. The van der Waals surface area contributed by atoms with Crippen LogP contribution in [-0.4, -0.2) is 91.2 Å². The molecule has 0 amide bonds. The number of aliphatic hydroxyl groups excluding tert-OH is 3. The first kappa shape index (κ1) is 20.1. The van der Waals surface area contributed by atoms with Crippen LogP contribution in [0.4, 0.5) is 0 Å². The van der Waals surface area contributed by atoms with Gasteiger partial charge in [-0.15, -0.1) is 0 Å². The maximum Gasteiger partial charge on any atom is 0.267 e. The summed E-state index contributed by atoms with van der Waals surface area (Å²) in [5.74, 6) is -0.972. The molecule has 134 valence electrons. The van der Waals surface area contributed by atoms with E-state index in [9.17, 15) is 23.7 Å². The van der Waals surface area contributed by atoms with E-state index in [1.165, 1.54) is 7.11 Å². The summed E-state index contributed by atoms with van der Waals surface area (Å²) < 4.78 is 50.6. The van der Waals surface area contributed by atoms with Crippen LogP contribution < -0.4 is 0 Å². The molecule has 1 rings (SSSR count). The van der Waals surface area contributed by atoms with Crippen molar-refractivity contribution >= 4 is 10.1 Å². The fourth-order valence-corrected chi connectivity index (χ4v) is 2.69. The zero-order chi connectivity index (χ0) is 17.6. The molecule has 0 aromatic carbocycles. The van der Waals surface area contributed by atoms with E-state index in [4.69, 9.17) is 29.9 Å². The highest BCUT2D eigenvalue weighted by atomic mass is 32.2. The van der Waals surface area contributed by atoms with Crippen LogP contribution in [0.5, 0.6) is 0 Å². The van der Waals surface area contributed by atoms with Gasteiger partial charge in [-0.3, -0.25) is 4.55 Å². The minimum Gasteiger partial charge on any atom is -0.439 e. The molecule has 1 heterocycles. The van der Waals surface area contributed by atoms with Crippen molar-refractivity contribution in [1.29, 1.82) is 0 Å². The van der Waals surface area contributed by atoms with Crippen LogP contribution in [0, 0.1) is 12.5 Å². The molecule has 0 aliphatic carbocycles. The van der Waals surface area contributed by atoms with E-state index in [2.05, 4.69) is 0 Å². The summed E-state index contributed by atoms with van der Waals surface area (Å²) in [7, 11) is -3.07. The van der Waals surface area contributed by atoms with Crippen molar-refractivity contribution in [3.05, 3.63) is 0 Å². The van der Waals surface area contributed by atoms with Crippen molar-refractivity contribution in [3.63, 3.8) is 0 Å². The van der Waals surface area contributed by atoms with E-state index in [1.807, 2.05) is 6.11 Å². The molecular weight excluding hydrogens is 336 g/mol. The summed E-state index contributed by atoms with van der Waals surface area (Å²) in [4.78, 5) is 0.